The van der Waals surface area contributed by atoms with Gasteiger partial charge in [0.05, 0.1) is 13.0 Å². The first kappa shape index (κ1) is 11.1. The number of carbonyl (C=O) groups excluding carboxylic acids is 1. The Labute approximate surface area is 93.8 Å². The second kappa shape index (κ2) is 5.07. The lowest BCUT2D eigenvalue weighted by Gasteiger charge is -2.26. The average Bonchev–Trinajstić information content (AvgIpc) is 2.33. The third-order valence-corrected chi connectivity index (χ3v) is 2.62. The van der Waals surface area contributed by atoms with Crippen LogP contribution in [0.25, 0.3) is 0 Å². The van der Waals surface area contributed by atoms with E-state index in [1.807, 2.05) is 0 Å². The fourth-order valence-electron chi connectivity index (χ4n) is 1.71. The van der Waals surface area contributed by atoms with Crippen LogP contribution in [0.1, 0.15) is 12.0 Å². The molecule has 0 unspecified atom stereocenters. The van der Waals surface area contributed by atoms with Gasteiger partial charge in [-0.25, -0.2) is 4.39 Å². The molecule has 1 aliphatic rings. The number of amides is 1. The molecule has 1 saturated heterocycles. The third-order valence-electron chi connectivity index (χ3n) is 2.62. The first-order valence-corrected chi connectivity index (χ1v) is 5.36. The lowest BCUT2D eigenvalue weighted by atomic mass is 10.1. The minimum Gasteiger partial charge on any atom is -0.361 e. The minimum absolute atomic E-state index is 0.0789. The Bertz CT molecular complexity index is 375. The molecule has 0 radical (unpaired) electrons. The molecule has 1 fully saturated rings. The fraction of sp³-hybridized carbons (Fsp3) is 0.417. The zero-order chi connectivity index (χ0) is 11.4. The predicted molar refractivity (Wildman–Crippen MR) is 57.3 cm³/mol. The van der Waals surface area contributed by atoms with Crippen LogP contribution in [0.3, 0.4) is 0 Å². The van der Waals surface area contributed by atoms with Gasteiger partial charge in [0, 0.05) is 6.54 Å². The van der Waals surface area contributed by atoms with Gasteiger partial charge >= 0.3 is 0 Å². The maximum absolute atomic E-state index is 13.3. The molecule has 0 spiro atoms. The van der Waals surface area contributed by atoms with Gasteiger partial charge in [0.15, 0.2) is 0 Å². The summed E-state index contributed by atoms with van der Waals surface area (Å²) in [6, 6.07) is 6.36. The number of nitrogens with zero attached hydrogens (tertiary/aromatic N) is 1. The van der Waals surface area contributed by atoms with Crippen LogP contribution in [0.5, 0.6) is 0 Å². The van der Waals surface area contributed by atoms with E-state index < -0.39 is 0 Å². The van der Waals surface area contributed by atoms with Gasteiger partial charge in [-0.15, -0.1) is 0 Å². The lowest BCUT2D eigenvalue weighted by Crippen LogP contribution is -2.39. The van der Waals surface area contributed by atoms with Crippen molar-refractivity contribution >= 4 is 5.91 Å². The maximum Gasteiger partial charge on any atom is 0.228 e. The summed E-state index contributed by atoms with van der Waals surface area (Å²) in [7, 11) is 0. The number of hydrogen-bond acceptors (Lipinski definition) is 2. The SMILES string of the molecule is O=C(Cc1ccccc1F)N1CCCOC1. The number of ether oxygens (including phenoxy) is 1. The summed E-state index contributed by atoms with van der Waals surface area (Å²) in [5, 5.41) is 0. The second-order valence-corrected chi connectivity index (χ2v) is 3.82. The zero-order valence-corrected chi connectivity index (χ0v) is 8.99. The van der Waals surface area contributed by atoms with Gasteiger partial charge in [0.1, 0.15) is 12.5 Å². The van der Waals surface area contributed by atoms with Crippen LogP contribution in [0, 0.1) is 5.82 Å². The van der Waals surface area contributed by atoms with Crippen molar-refractivity contribution < 1.29 is 13.9 Å². The molecule has 1 aromatic carbocycles. The van der Waals surface area contributed by atoms with Crippen LogP contribution >= 0.6 is 0 Å². The quantitative estimate of drug-likeness (QED) is 0.761. The van der Waals surface area contributed by atoms with E-state index in [9.17, 15) is 9.18 Å². The molecule has 0 aromatic heterocycles. The van der Waals surface area contributed by atoms with Gasteiger partial charge in [-0.1, -0.05) is 18.2 Å². The molecular weight excluding hydrogens is 209 g/mol. The number of rotatable bonds is 2. The van der Waals surface area contributed by atoms with E-state index >= 15 is 0 Å². The predicted octanol–water partition coefficient (Wildman–Crippen LogP) is 1.57. The number of carbonyl (C=O) groups is 1. The Hall–Kier alpha value is -1.42. The Morgan fingerprint density at radius 3 is 2.94 bits per heavy atom. The first-order chi connectivity index (χ1) is 7.77. The summed E-state index contributed by atoms with van der Waals surface area (Å²) >= 11 is 0. The standard InChI is InChI=1S/C12H14FNO2/c13-11-5-2-1-4-10(11)8-12(15)14-6-3-7-16-9-14/h1-2,4-5H,3,6-9H2. The van der Waals surface area contributed by atoms with Crippen LogP contribution in [-0.2, 0) is 16.0 Å². The van der Waals surface area contributed by atoms with Gasteiger partial charge in [-0.05, 0) is 18.1 Å². The number of benzene rings is 1. The Morgan fingerprint density at radius 1 is 1.44 bits per heavy atom. The van der Waals surface area contributed by atoms with Crippen molar-refractivity contribution in [3.05, 3.63) is 35.6 Å². The van der Waals surface area contributed by atoms with Crippen molar-refractivity contribution in [2.24, 2.45) is 0 Å². The van der Waals surface area contributed by atoms with Gasteiger partial charge in [0.2, 0.25) is 5.91 Å². The minimum atomic E-state index is -0.325. The van der Waals surface area contributed by atoms with Crippen LogP contribution in [0.15, 0.2) is 24.3 Å². The monoisotopic (exact) mass is 223 g/mol. The molecule has 2 rings (SSSR count). The fourth-order valence-corrected chi connectivity index (χ4v) is 1.71. The van der Waals surface area contributed by atoms with E-state index in [-0.39, 0.29) is 18.1 Å². The van der Waals surface area contributed by atoms with Crippen molar-refractivity contribution in [2.75, 3.05) is 19.9 Å². The summed E-state index contributed by atoms with van der Waals surface area (Å²) in [4.78, 5) is 13.4. The highest BCUT2D eigenvalue weighted by Crippen LogP contribution is 2.10. The van der Waals surface area contributed by atoms with Gasteiger partial charge in [0.25, 0.3) is 0 Å². The molecule has 0 atom stereocenters. The van der Waals surface area contributed by atoms with E-state index in [0.717, 1.165) is 6.42 Å². The number of hydrogen-bond donors (Lipinski definition) is 0. The molecular formula is C12H14FNO2. The normalized spacial score (nSPS) is 16.2. The summed E-state index contributed by atoms with van der Waals surface area (Å²) in [6.07, 6.45) is 0.957. The highest BCUT2D eigenvalue weighted by atomic mass is 19.1. The third kappa shape index (κ3) is 2.58. The molecule has 1 amide bonds. The smallest absolute Gasteiger partial charge is 0.228 e. The van der Waals surface area contributed by atoms with Crippen LogP contribution in [0.2, 0.25) is 0 Å². The van der Waals surface area contributed by atoms with Crippen LogP contribution in [0.4, 0.5) is 4.39 Å². The zero-order valence-electron chi connectivity index (χ0n) is 8.99. The summed E-state index contributed by atoms with van der Waals surface area (Å²) < 4.78 is 18.5. The highest BCUT2D eigenvalue weighted by Gasteiger charge is 2.18. The van der Waals surface area contributed by atoms with Gasteiger partial charge in [-0.3, -0.25) is 4.79 Å². The molecule has 1 heterocycles. The summed E-state index contributed by atoms with van der Waals surface area (Å²) in [6.45, 7) is 1.73. The molecule has 86 valence electrons. The molecule has 1 aromatic rings. The molecule has 0 aliphatic carbocycles. The number of halogens is 1. The van der Waals surface area contributed by atoms with E-state index in [0.29, 0.717) is 25.4 Å². The van der Waals surface area contributed by atoms with E-state index in [2.05, 4.69) is 0 Å². The summed E-state index contributed by atoms with van der Waals surface area (Å²) in [5.41, 5.74) is 0.443. The molecule has 0 saturated carbocycles. The van der Waals surface area contributed by atoms with Gasteiger partial charge in [-0.2, -0.15) is 0 Å². The van der Waals surface area contributed by atoms with Crippen molar-refractivity contribution in [3.8, 4) is 0 Å². The molecule has 4 heteroatoms. The van der Waals surface area contributed by atoms with Crippen LogP contribution in [-0.4, -0.2) is 30.7 Å². The molecule has 3 nitrogen and oxygen atoms in total. The summed E-state index contributed by atoms with van der Waals surface area (Å²) in [5.74, 6) is -0.404. The highest BCUT2D eigenvalue weighted by molar-refractivity contribution is 5.78. The van der Waals surface area contributed by atoms with Crippen molar-refractivity contribution in [3.63, 3.8) is 0 Å². The molecule has 16 heavy (non-hydrogen) atoms. The Morgan fingerprint density at radius 2 is 2.25 bits per heavy atom. The Balaban J connectivity index is 1.99. The van der Waals surface area contributed by atoms with E-state index in [1.165, 1.54) is 6.07 Å². The molecule has 1 aliphatic heterocycles. The average molecular weight is 223 g/mol. The second-order valence-electron chi connectivity index (χ2n) is 3.82. The lowest BCUT2D eigenvalue weighted by molar-refractivity contribution is -0.139. The van der Waals surface area contributed by atoms with Crippen molar-refractivity contribution in [1.29, 1.82) is 0 Å². The van der Waals surface area contributed by atoms with Crippen LogP contribution < -0.4 is 0 Å². The largest absolute Gasteiger partial charge is 0.361 e. The van der Waals surface area contributed by atoms with Gasteiger partial charge < -0.3 is 9.64 Å². The Kier molecular flexibility index (Phi) is 3.51. The molecule has 0 bridgehead atoms. The van der Waals surface area contributed by atoms with E-state index in [4.69, 9.17) is 4.74 Å². The van der Waals surface area contributed by atoms with Crippen molar-refractivity contribution in [1.82, 2.24) is 4.90 Å². The first-order valence-electron chi connectivity index (χ1n) is 5.36. The van der Waals surface area contributed by atoms with E-state index in [1.54, 1.807) is 23.1 Å². The van der Waals surface area contributed by atoms with Crippen molar-refractivity contribution in [2.45, 2.75) is 12.8 Å². The molecule has 0 N–H and O–H groups in total. The maximum atomic E-state index is 13.3. The topological polar surface area (TPSA) is 29.5 Å².